The van der Waals surface area contributed by atoms with Gasteiger partial charge in [0.05, 0.1) is 6.04 Å². The third kappa shape index (κ3) is 2.66. The van der Waals surface area contributed by atoms with E-state index in [1.807, 2.05) is 0 Å². The summed E-state index contributed by atoms with van der Waals surface area (Å²) in [5, 5.41) is 0. The molecule has 0 unspecified atom stereocenters. The van der Waals surface area contributed by atoms with Crippen LogP contribution in [0.3, 0.4) is 0 Å². The first-order valence-corrected chi connectivity index (χ1v) is 7.16. The van der Waals surface area contributed by atoms with Crippen LogP contribution in [0, 0.1) is 5.92 Å². The Labute approximate surface area is 120 Å². The molecule has 2 aromatic carbocycles. The largest absolute Gasteiger partial charge is 0.303 e. The molecule has 20 heavy (non-hydrogen) atoms. The number of likely N-dealkylation sites (tertiary alicyclic amines) is 1. The quantitative estimate of drug-likeness (QED) is 0.773. The van der Waals surface area contributed by atoms with E-state index in [0.717, 1.165) is 19.4 Å². The molecule has 2 heteroatoms. The number of benzene rings is 2. The van der Waals surface area contributed by atoms with E-state index >= 15 is 0 Å². The number of rotatable bonds is 5. The van der Waals surface area contributed by atoms with Crippen molar-refractivity contribution in [1.82, 2.24) is 4.90 Å². The molecular formula is C18H19NO. The minimum atomic E-state index is 0.306. The fraction of sp³-hybridized carbons (Fsp3) is 0.278. The molecule has 0 aliphatic carbocycles. The smallest absolute Gasteiger partial charge is 0.120 e. The monoisotopic (exact) mass is 265 g/mol. The Bertz CT molecular complexity index is 507. The van der Waals surface area contributed by atoms with Crippen molar-refractivity contribution in [3.05, 3.63) is 71.8 Å². The summed E-state index contributed by atoms with van der Waals surface area (Å²) >= 11 is 0. The summed E-state index contributed by atoms with van der Waals surface area (Å²) in [5.74, 6) is 0.530. The molecule has 1 saturated heterocycles. The first-order valence-electron chi connectivity index (χ1n) is 7.16. The predicted octanol–water partition coefficient (Wildman–Crippen LogP) is 3.30. The minimum absolute atomic E-state index is 0.306. The van der Waals surface area contributed by atoms with Crippen LogP contribution in [0.2, 0.25) is 0 Å². The van der Waals surface area contributed by atoms with Gasteiger partial charge in [-0.1, -0.05) is 60.7 Å². The molecule has 0 amide bonds. The lowest BCUT2D eigenvalue weighted by atomic mass is 9.89. The van der Waals surface area contributed by atoms with E-state index in [9.17, 15) is 4.79 Å². The van der Waals surface area contributed by atoms with Crippen LogP contribution in [0.15, 0.2) is 60.7 Å². The highest BCUT2D eigenvalue weighted by Crippen LogP contribution is 2.34. The zero-order valence-electron chi connectivity index (χ0n) is 11.5. The Kier molecular flexibility index (Phi) is 3.93. The second-order valence-corrected chi connectivity index (χ2v) is 5.45. The van der Waals surface area contributed by atoms with Gasteiger partial charge in [-0.3, -0.25) is 4.90 Å². The second-order valence-electron chi connectivity index (χ2n) is 5.45. The summed E-state index contributed by atoms with van der Waals surface area (Å²) in [5.41, 5.74) is 2.64. The highest BCUT2D eigenvalue weighted by Gasteiger charge is 2.33. The van der Waals surface area contributed by atoms with Crippen molar-refractivity contribution in [2.75, 3.05) is 13.1 Å². The summed E-state index contributed by atoms with van der Waals surface area (Å²) in [4.78, 5) is 13.1. The van der Waals surface area contributed by atoms with Crippen molar-refractivity contribution in [2.45, 2.75) is 12.5 Å². The third-order valence-electron chi connectivity index (χ3n) is 4.01. The summed E-state index contributed by atoms with van der Waals surface area (Å²) in [6, 6.07) is 21.5. The van der Waals surface area contributed by atoms with Crippen molar-refractivity contribution >= 4 is 6.29 Å². The van der Waals surface area contributed by atoms with Gasteiger partial charge < -0.3 is 4.79 Å². The summed E-state index contributed by atoms with van der Waals surface area (Å²) in [7, 11) is 0. The fourth-order valence-electron chi connectivity index (χ4n) is 2.99. The van der Waals surface area contributed by atoms with Crippen LogP contribution in [0.5, 0.6) is 0 Å². The SMILES string of the molecule is O=CCC1CN(C(c2ccccc2)c2ccccc2)C1. The standard InChI is InChI=1S/C18H19NO/c20-12-11-15-13-19(14-15)18(16-7-3-1-4-8-16)17-9-5-2-6-10-17/h1-10,12,15,18H,11,13-14H2. The minimum Gasteiger partial charge on any atom is -0.303 e. The van der Waals surface area contributed by atoms with Gasteiger partial charge in [0.15, 0.2) is 0 Å². The zero-order valence-corrected chi connectivity index (χ0v) is 11.5. The van der Waals surface area contributed by atoms with Gasteiger partial charge in [-0.15, -0.1) is 0 Å². The molecular weight excluding hydrogens is 246 g/mol. The second kappa shape index (κ2) is 6.02. The number of hydrogen-bond acceptors (Lipinski definition) is 2. The molecule has 0 aromatic heterocycles. The van der Waals surface area contributed by atoms with Gasteiger partial charge in [0, 0.05) is 19.5 Å². The Balaban J connectivity index is 1.84. The maximum atomic E-state index is 10.6. The molecule has 0 spiro atoms. The van der Waals surface area contributed by atoms with Crippen LogP contribution in [0.25, 0.3) is 0 Å². The van der Waals surface area contributed by atoms with Crippen molar-refractivity contribution in [3.8, 4) is 0 Å². The molecule has 1 aliphatic rings. The molecule has 1 fully saturated rings. The highest BCUT2D eigenvalue weighted by atomic mass is 16.1. The zero-order chi connectivity index (χ0) is 13.8. The highest BCUT2D eigenvalue weighted by molar-refractivity contribution is 5.50. The molecule has 1 heterocycles. The maximum Gasteiger partial charge on any atom is 0.120 e. The summed E-state index contributed by atoms with van der Waals surface area (Å²) < 4.78 is 0. The fourth-order valence-corrected chi connectivity index (χ4v) is 2.99. The Hall–Kier alpha value is -1.93. The molecule has 2 aromatic rings. The van der Waals surface area contributed by atoms with Crippen molar-refractivity contribution in [2.24, 2.45) is 5.92 Å². The van der Waals surface area contributed by atoms with E-state index < -0.39 is 0 Å². The summed E-state index contributed by atoms with van der Waals surface area (Å²) in [6.45, 7) is 2.01. The van der Waals surface area contributed by atoms with Crippen LogP contribution in [0.4, 0.5) is 0 Å². The average molecular weight is 265 g/mol. The molecule has 3 rings (SSSR count). The Morgan fingerprint density at radius 1 is 0.950 bits per heavy atom. The van der Waals surface area contributed by atoms with Crippen molar-refractivity contribution in [3.63, 3.8) is 0 Å². The normalized spacial score (nSPS) is 16.1. The molecule has 2 nitrogen and oxygen atoms in total. The lowest BCUT2D eigenvalue weighted by Crippen LogP contribution is -2.48. The van der Waals surface area contributed by atoms with Crippen LogP contribution < -0.4 is 0 Å². The third-order valence-corrected chi connectivity index (χ3v) is 4.01. The maximum absolute atomic E-state index is 10.6. The topological polar surface area (TPSA) is 20.3 Å². The van der Waals surface area contributed by atoms with Crippen LogP contribution in [0.1, 0.15) is 23.6 Å². The molecule has 0 saturated carbocycles. The van der Waals surface area contributed by atoms with E-state index in [2.05, 4.69) is 65.6 Å². The first-order chi connectivity index (χ1) is 9.88. The molecule has 102 valence electrons. The number of nitrogens with zero attached hydrogens (tertiary/aromatic N) is 1. The average Bonchev–Trinajstić information content (AvgIpc) is 2.47. The van der Waals surface area contributed by atoms with Crippen LogP contribution >= 0.6 is 0 Å². The van der Waals surface area contributed by atoms with Crippen molar-refractivity contribution in [1.29, 1.82) is 0 Å². The van der Waals surface area contributed by atoms with E-state index in [0.29, 0.717) is 18.4 Å². The number of hydrogen-bond donors (Lipinski definition) is 0. The van der Waals surface area contributed by atoms with Crippen molar-refractivity contribution < 1.29 is 4.79 Å². The van der Waals surface area contributed by atoms with E-state index in [1.54, 1.807) is 0 Å². The molecule has 0 bridgehead atoms. The Morgan fingerprint density at radius 2 is 1.45 bits per heavy atom. The van der Waals surface area contributed by atoms with Gasteiger partial charge in [-0.2, -0.15) is 0 Å². The predicted molar refractivity (Wildman–Crippen MR) is 80.5 cm³/mol. The van der Waals surface area contributed by atoms with Gasteiger partial charge in [-0.25, -0.2) is 0 Å². The lowest BCUT2D eigenvalue weighted by Gasteiger charge is -2.44. The van der Waals surface area contributed by atoms with Gasteiger partial charge in [-0.05, 0) is 17.0 Å². The van der Waals surface area contributed by atoms with Gasteiger partial charge in [0.2, 0.25) is 0 Å². The Morgan fingerprint density at radius 3 is 1.90 bits per heavy atom. The first kappa shape index (κ1) is 13.1. The molecule has 0 N–H and O–H groups in total. The van der Waals surface area contributed by atoms with Crippen LogP contribution in [-0.2, 0) is 4.79 Å². The van der Waals surface area contributed by atoms with E-state index in [-0.39, 0.29) is 0 Å². The molecule has 0 radical (unpaired) electrons. The van der Waals surface area contributed by atoms with E-state index in [1.165, 1.54) is 11.1 Å². The number of carbonyl (C=O) groups excluding carboxylic acids is 1. The van der Waals surface area contributed by atoms with Crippen LogP contribution in [-0.4, -0.2) is 24.3 Å². The molecule has 0 atom stereocenters. The molecule has 1 aliphatic heterocycles. The van der Waals surface area contributed by atoms with Gasteiger partial charge in [0.25, 0.3) is 0 Å². The number of aldehydes is 1. The lowest BCUT2D eigenvalue weighted by molar-refractivity contribution is -0.110. The van der Waals surface area contributed by atoms with Gasteiger partial charge in [0.1, 0.15) is 6.29 Å². The van der Waals surface area contributed by atoms with Gasteiger partial charge >= 0.3 is 0 Å². The summed E-state index contributed by atoms with van der Waals surface area (Å²) in [6.07, 6.45) is 1.73. The van der Waals surface area contributed by atoms with E-state index in [4.69, 9.17) is 0 Å². The number of carbonyl (C=O) groups is 1.